The molecule has 0 bridgehead atoms. The highest BCUT2D eigenvalue weighted by Gasteiger charge is 2.43. The molecule has 0 spiro atoms. The number of carbonyl (C=O) groups is 1. The van der Waals surface area contributed by atoms with Gasteiger partial charge in [0, 0.05) is 13.1 Å². The molecule has 1 saturated carbocycles. The Kier molecular flexibility index (Phi) is 4.55. The molecule has 1 rings (SSSR count). The minimum absolute atomic E-state index is 0.191. The molecule has 17 heavy (non-hydrogen) atoms. The molecule has 0 aliphatic heterocycles. The van der Waals surface area contributed by atoms with Crippen LogP contribution in [0.15, 0.2) is 0 Å². The number of primary amides is 1. The standard InChI is InChI=1S/C13H27N3O/c1-12(2)6-5-7-13(10-12,11(14)17)15-8-9-16(3)4/h15H,5-10H2,1-4H3,(H2,14,17). The van der Waals surface area contributed by atoms with E-state index in [0.29, 0.717) is 0 Å². The lowest BCUT2D eigenvalue weighted by Gasteiger charge is -2.43. The Morgan fingerprint density at radius 1 is 1.35 bits per heavy atom. The number of nitrogens with one attached hydrogen (secondary N) is 1. The van der Waals surface area contributed by atoms with Gasteiger partial charge in [-0.3, -0.25) is 4.79 Å². The highest BCUT2D eigenvalue weighted by molar-refractivity contribution is 5.84. The van der Waals surface area contributed by atoms with E-state index in [1.807, 2.05) is 14.1 Å². The van der Waals surface area contributed by atoms with Gasteiger partial charge in [0.1, 0.15) is 0 Å². The van der Waals surface area contributed by atoms with Crippen LogP contribution in [-0.4, -0.2) is 43.5 Å². The highest BCUT2D eigenvalue weighted by Crippen LogP contribution is 2.40. The van der Waals surface area contributed by atoms with Crippen LogP contribution in [0, 0.1) is 5.41 Å². The van der Waals surface area contributed by atoms with E-state index >= 15 is 0 Å². The average molecular weight is 241 g/mol. The van der Waals surface area contributed by atoms with Gasteiger partial charge >= 0.3 is 0 Å². The smallest absolute Gasteiger partial charge is 0.237 e. The molecular weight excluding hydrogens is 214 g/mol. The summed E-state index contributed by atoms with van der Waals surface area (Å²) in [6, 6.07) is 0. The number of carbonyl (C=O) groups excluding carboxylic acids is 1. The molecule has 3 N–H and O–H groups in total. The first-order valence-electron chi connectivity index (χ1n) is 6.47. The van der Waals surface area contributed by atoms with Crippen molar-refractivity contribution in [3.8, 4) is 0 Å². The quantitative estimate of drug-likeness (QED) is 0.754. The summed E-state index contributed by atoms with van der Waals surface area (Å²) in [4.78, 5) is 13.9. The summed E-state index contributed by atoms with van der Waals surface area (Å²) in [6.45, 7) is 6.18. The van der Waals surface area contributed by atoms with Crippen LogP contribution in [0.25, 0.3) is 0 Å². The fraction of sp³-hybridized carbons (Fsp3) is 0.923. The molecule has 100 valence electrons. The summed E-state index contributed by atoms with van der Waals surface area (Å²) in [7, 11) is 4.06. The SMILES string of the molecule is CN(C)CCNC1(C(N)=O)CCCC(C)(C)C1. The molecule has 1 aliphatic carbocycles. The number of hydrogen-bond donors (Lipinski definition) is 2. The van der Waals surface area contributed by atoms with Crippen LogP contribution in [0.1, 0.15) is 39.5 Å². The van der Waals surface area contributed by atoms with Crippen LogP contribution < -0.4 is 11.1 Å². The van der Waals surface area contributed by atoms with Crippen molar-refractivity contribution in [1.82, 2.24) is 10.2 Å². The second kappa shape index (κ2) is 5.36. The van der Waals surface area contributed by atoms with E-state index in [1.165, 1.54) is 6.42 Å². The summed E-state index contributed by atoms with van der Waals surface area (Å²) in [5, 5.41) is 3.41. The third-order valence-electron chi connectivity index (χ3n) is 3.73. The maximum absolute atomic E-state index is 11.8. The first kappa shape index (κ1) is 14.5. The number of nitrogens with two attached hydrogens (primary N) is 1. The van der Waals surface area contributed by atoms with Crippen LogP contribution >= 0.6 is 0 Å². The summed E-state index contributed by atoms with van der Waals surface area (Å²) >= 11 is 0. The summed E-state index contributed by atoms with van der Waals surface area (Å²) in [6.07, 6.45) is 3.98. The predicted molar refractivity (Wildman–Crippen MR) is 70.7 cm³/mol. The van der Waals surface area contributed by atoms with Crippen molar-refractivity contribution in [2.75, 3.05) is 27.2 Å². The Morgan fingerprint density at radius 3 is 2.47 bits per heavy atom. The van der Waals surface area contributed by atoms with Crippen molar-refractivity contribution in [1.29, 1.82) is 0 Å². The molecule has 1 fully saturated rings. The molecule has 1 aliphatic rings. The number of rotatable bonds is 5. The molecule has 1 atom stereocenters. The van der Waals surface area contributed by atoms with E-state index in [2.05, 4.69) is 24.1 Å². The summed E-state index contributed by atoms with van der Waals surface area (Å²) < 4.78 is 0. The zero-order valence-electron chi connectivity index (χ0n) is 11.7. The van der Waals surface area contributed by atoms with Gasteiger partial charge in [-0.15, -0.1) is 0 Å². The second-order valence-electron chi connectivity index (χ2n) is 6.37. The molecule has 0 radical (unpaired) electrons. The van der Waals surface area contributed by atoms with Crippen molar-refractivity contribution in [2.45, 2.75) is 45.1 Å². The Bertz CT molecular complexity index is 276. The Labute approximate surface area is 105 Å². The van der Waals surface area contributed by atoms with E-state index < -0.39 is 5.54 Å². The largest absolute Gasteiger partial charge is 0.368 e. The molecule has 0 aromatic rings. The van der Waals surface area contributed by atoms with Gasteiger partial charge in [-0.05, 0) is 38.8 Å². The van der Waals surface area contributed by atoms with E-state index in [9.17, 15) is 4.79 Å². The maximum atomic E-state index is 11.8. The molecule has 0 aromatic heterocycles. The number of amides is 1. The predicted octanol–water partition coefficient (Wildman–Crippen LogP) is 0.962. The lowest BCUT2D eigenvalue weighted by molar-refractivity contribution is -0.127. The summed E-state index contributed by atoms with van der Waals surface area (Å²) in [5.41, 5.74) is 5.34. The summed E-state index contributed by atoms with van der Waals surface area (Å²) in [5.74, 6) is -0.191. The van der Waals surface area contributed by atoms with Crippen molar-refractivity contribution in [2.24, 2.45) is 11.1 Å². The third-order valence-corrected chi connectivity index (χ3v) is 3.73. The monoisotopic (exact) mass is 241 g/mol. The number of likely N-dealkylation sites (N-methyl/N-ethyl adjacent to an activating group) is 1. The normalized spacial score (nSPS) is 28.3. The van der Waals surface area contributed by atoms with Crippen LogP contribution in [0.2, 0.25) is 0 Å². The topological polar surface area (TPSA) is 58.4 Å². The van der Waals surface area contributed by atoms with Crippen molar-refractivity contribution in [3.63, 3.8) is 0 Å². The van der Waals surface area contributed by atoms with E-state index in [1.54, 1.807) is 0 Å². The minimum atomic E-state index is -0.488. The highest BCUT2D eigenvalue weighted by atomic mass is 16.1. The molecule has 4 nitrogen and oxygen atoms in total. The zero-order valence-corrected chi connectivity index (χ0v) is 11.7. The lowest BCUT2D eigenvalue weighted by Crippen LogP contribution is -2.60. The molecule has 1 amide bonds. The Hall–Kier alpha value is -0.610. The third kappa shape index (κ3) is 3.96. The van der Waals surface area contributed by atoms with Gasteiger partial charge < -0.3 is 16.0 Å². The first-order chi connectivity index (χ1) is 7.77. The van der Waals surface area contributed by atoms with Crippen molar-refractivity contribution >= 4 is 5.91 Å². The van der Waals surface area contributed by atoms with Gasteiger partial charge in [-0.2, -0.15) is 0 Å². The second-order valence-corrected chi connectivity index (χ2v) is 6.37. The van der Waals surface area contributed by atoms with Crippen LogP contribution in [0.5, 0.6) is 0 Å². The van der Waals surface area contributed by atoms with Gasteiger partial charge in [-0.1, -0.05) is 20.3 Å². The number of nitrogens with zero attached hydrogens (tertiary/aromatic N) is 1. The van der Waals surface area contributed by atoms with Gasteiger partial charge in [0.25, 0.3) is 0 Å². The fourth-order valence-electron chi connectivity index (χ4n) is 2.83. The van der Waals surface area contributed by atoms with Crippen LogP contribution in [0.4, 0.5) is 0 Å². The molecule has 0 heterocycles. The van der Waals surface area contributed by atoms with Crippen LogP contribution in [0.3, 0.4) is 0 Å². The minimum Gasteiger partial charge on any atom is -0.368 e. The molecule has 4 heteroatoms. The van der Waals surface area contributed by atoms with Gasteiger partial charge in [0.2, 0.25) is 5.91 Å². The molecule has 0 aromatic carbocycles. The van der Waals surface area contributed by atoms with E-state index in [-0.39, 0.29) is 11.3 Å². The maximum Gasteiger partial charge on any atom is 0.237 e. The molecular formula is C13H27N3O. The Morgan fingerprint density at radius 2 is 2.00 bits per heavy atom. The van der Waals surface area contributed by atoms with Crippen molar-refractivity contribution in [3.05, 3.63) is 0 Å². The van der Waals surface area contributed by atoms with Gasteiger partial charge in [0.05, 0.1) is 5.54 Å². The molecule has 1 unspecified atom stereocenters. The average Bonchev–Trinajstić information content (AvgIpc) is 2.15. The lowest BCUT2D eigenvalue weighted by atomic mass is 9.67. The molecule has 0 saturated heterocycles. The number of hydrogen-bond acceptors (Lipinski definition) is 3. The first-order valence-corrected chi connectivity index (χ1v) is 6.47. The zero-order chi connectivity index (χ0) is 13.1. The van der Waals surface area contributed by atoms with Gasteiger partial charge in [-0.25, -0.2) is 0 Å². The van der Waals surface area contributed by atoms with Crippen LogP contribution in [-0.2, 0) is 4.79 Å². The van der Waals surface area contributed by atoms with E-state index in [4.69, 9.17) is 5.73 Å². The van der Waals surface area contributed by atoms with E-state index in [0.717, 1.165) is 32.4 Å². The van der Waals surface area contributed by atoms with Crippen molar-refractivity contribution < 1.29 is 4.79 Å². The van der Waals surface area contributed by atoms with Gasteiger partial charge in [0.15, 0.2) is 0 Å². The Balaban J connectivity index is 2.66. The fourth-order valence-corrected chi connectivity index (χ4v) is 2.83.